The standard InChI is InChI=1S/C25H29FN6O2/c1-24-7-8-25(2,31-24)13-16(12-24)32(3)21-6-5-18(29-30-21)23-17(26)9-15(10-20(23)33)19-11-22(34-4)28-14-27-19/h5-6,9-11,14,16,31,33H,7-8,12-13H2,1-4H3/t16-,24+,25-. The van der Waals surface area contributed by atoms with Crippen LogP contribution in [0.25, 0.3) is 22.5 Å². The molecule has 2 bridgehead atoms. The molecule has 0 saturated carbocycles. The van der Waals surface area contributed by atoms with Gasteiger partial charge in [-0.1, -0.05) is 0 Å². The summed E-state index contributed by atoms with van der Waals surface area (Å²) >= 11 is 0. The highest BCUT2D eigenvalue weighted by Gasteiger charge is 2.49. The number of piperidine rings is 1. The van der Waals surface area contributed by atoms with Gasteiger partial charge in [0.1, 0.15) is 17.9 Å². The summed E-state index contributed by atoms with van der Waals surface area (Å²) in [6.07, 6.45) is 5.75. The monoisotopic (exact) mass is 464 g/mol. The lowest BCUT2D eigenvalue weighted by Gasteiger charge is -2.45. The third kappa shape index (κ3) is 4.04. The van der Waals surface area contributed by atoms with E-state index < -0.39 is 5.82 Å². The molecule has 34 heavy (non-hydrogen) atoms. The summed E-state index contributed by atoms with van der Waals surface area (Å²) in [7, 11) is 3.53. The van der Waals surface area contributed by atoms with E-state index in [1.807, 2.05) is 13.1 Å². The van der Waals surface area contributed by atoms with E-state index in [0.29, 0.717) is 23.2 Å². The van der Waals surface area contributed by atoms with Gasteiger partial charge < -0.3 is 20.1 Å². The predicted octanol–water partition coefficient (Wildman–Crippen LogP) is 3.95. The average molecular weight is 465 g/mol. The predicted molar refractivity (Wildman–Crippen MR) is 127 cm³/mol. The molecule has 9 heteroatoms. The van der Waals surface area contributed by atoms with Crippen molar-refractivity contribution in [2.45, 2.75) is 56.7 Å². The smallest absolute Gasteiger partial charge is 0.216 e. The number of anilines is 1. The van der Waals surface area contributed by atoms with Crippen molar-refractivity contribution in [3.63, 3.8) is 0 Å². The number of methoxy groups -OCH3 is 1. The minimum absolute atomic E-state index is 0.00593. The van der Waals surface area contributed by atoms with Gasteiger partial charge in [0, 0.05) is 35.8 Å². The van der Waals surface area contributed by atoms with Crippen molar-refractivity contribution in [1.82, 2.24) is 25.5 Å². The molecule has 2 aromatic heterocycles. The van der Waals surface area contributed by atoms with Crippen LogP contribution in [0.3, 0.4) is 0 Å². The van der Waals surface area contributed by atoms with Gasteiger partial charge in [-0.05, 0) is 63.8 Å². The van der Waals surface area contributed by atoms with Crippen LogP contribution in [-0.4, -0.2) is 56.5 Å². The fourth-order valence-corrected chi connectivity index (χ4v) is 5.53. The molecule has 0 unspecified atom stereocenters. The SMILES string of the molecule is COc1cc(-c2cc(O)c(-c3ccc(N(C)[C@@H]4C[C@]5(C)CC[C@](C)(C4)N5)nn3)c(F)c2)ncn1. The number of nitrogens with zero attached hydrogens (tertiary/aromatic N) is 5. The fourth-order valence-electron chi connectivity index (χ4n) is 5.53. The largest absolute Gasteiger partial charge is 0.507 e. The molecule has 178 valence electrons. The van der Waals surface area contributed by atoms with Gasteiger partial charge in [0.2, 0.25) is 5.88 Å². The highest BCUT2D eigenvalue weighted by atomic mass is 19.1. The van der Waals surface area contributed by atoms with Crippen LogP contribution in [-0.2, 0) is 0 Å². The Morgan fingerprint density at radius 2 is 1.79 bits per heavy atom. The maximum atomic E-state index is 15.1. The Bertz CT molecular complexity index is 1180. The normalized spacial score (nSPS) is 25.9. The summed E-state index contributed by atoms with van der Waals surface area (Å²) in [5.74, 6) is 0.230. The Labute approximate surface area is 198 Å². The Morgan fingerprint density at radius 3 is 2.41 bits per heavy atom. The summed E-state index contributed by atoms with van der Waals surface area (Å²) in [4.78, 5) is 10.3. The molecule has 3 aromatic rings. The van der Waals surface area contributed by atoms with E-state index in [9.17, 15) is 5.11 Å². The first-order valence-corrected chi connectivity index (χ1v) is 11.4. The lowest BCUT2D eigenvalue weighted by Crippen LogP contribution is -2.58. The van der Waals surface area contributed by atoms with Crippen LogP contribution in [0.2, 0.25) is 0 Å². The third-order valence-corrected chi connectivity index (χ3v) is 7.24. The topological polar surface area (TPSA) is 96.3 Å². The van der Waals surface area contributed by atoms with Gasteiger partial charge in [0.15, 0.2) is 5.82 Å². The second kappa shape index (κ2) is 8.16. The number of ether oxygens (including phenoxy) is 1. The number of halogens is 1. The van der Waals surface area contributed by atoms with Gasteiger partial charge in [-0.2, -0.15) is 0 Å². The van der Waals surface area contributed by atoms with E-state index in [0.717, 1.165) is 18.7 Å². The van der Waals surface area contributed by atoms with Gasteiger partial charge in [-0.25, -0.2) is 14.4 Å². The highest BCUT2D eigenvalue weighted by molar-refractivity contribution is 5.74. The van der Waals surface area contributed by atoms with Crippen LogP contribution in [0, 0.1) is 5.82 Å². The number of benzene rings is 1. The molecule has 0 spiro atoms. The molecule has 0 aliphatic carbocycles. The Hall–Kier alpha value is -3.33. The van der Waals surface area contributed by atoms with E-state index in [4.69, 9.17) is 4.74 Å². The number of aromatic nitrogens is 4. The summed E-state index contributed by atoms with van der Waals surface area (Å²) in [5, 5.41) is 23.0. The number of nitrogens with one attached hydrogen (secondary N) is 1. The molecule has 2 N–H and O–H groups in total. The molecular weight excluding hydrogens is 435 g/mol. The lowest BCUT2D eigenvalue weighted by atomic mass is 9.84. The molecule has 8 nitrogen and oxygen atoms in total. The van der Waals surface area contributed by atoms with E-state index >= 15 is 4.39 Å². The first kappa shape index (κ1) is 22.5. The molecule has 2 aliphatic rings. The minimum Gasteiger partial charge on any atom is -0.507 e. The van der Waals surface area contributed by atoms with Crippen molar-refractivity contribution in [2.75, 3.05) is 19.1 Å². The van der Waals surface area contributed by atoms with Crippen LogP contribution < -0.4 is 15.0 Å². The average Bonchev–Trinajstić information content (AvgIpc) is 3.05. The van der Waals surface area contributed by atoms with Gasteiger partial charge in [-0.3, -0.25) is 0 Å². The lowest BCUT2D eigenvalue weighted by molar-refractivity contribution is 0.207. The fraction of sp³-hybridized carbons (Fsp3) is 0.440. The number of fused-ring (bicyclic) bond motifs is 2. The van der Waals surface area contributed by atoms with Gasteiger partial charge >= 0.3 is 0 Å². The number of phenolic OH excluding ortho intramolecular Hbond substituents is 1. The number of rotatable bonds is 5. The highest BCUT2D eigenvalue weighted by Crippen LogP contribution is 2.44. The number of hydrogen-bond donors (Lipinski definition) is 2. The maximum Gasteiger partial charge on any atom is 0.216 e. The zero-order chi connectivity index (χ0) is 24.1. The second-order valence-corrected chi connectivity index (χ2v) is 9.99. The quantitative estimate of drug-likeness (QED) is 0.586. The molecule has 0 amide bonds. The van der Waals surface area contributed by atoms with Crippen molar-refractivity contribution in [3.05, 3.63) is 42.5 Å². The molecule has 2 fully saturated rings. The van der Waals surface area contributed by atoms with Crippen LogP contribution >= 0.6 is 0 Å². The molecule has 0 radical (unpaired) electrons. The number of aromatic hydroxyl groups is 1. The van der Waals surface area contributed by atoms with Crippen molar-refractivity contribution in [1.29, 1.82) is 0 Å². The number of phenols is 1. The molecule has 2 saturated heterocycles. The van der Waals surface area contributed by atoms with E-state index in [2.05, 4.69) is 44.2 Å². The van der Waals surface area contributed by atoms with Crippen molar-refractivity contribution in [2.24, 2.45) is 0 Å². The minimum atomic E-state index is -0.612. The van der Waals surface area contributed by atoms with Gasteiger partial charge in [0.05, 0.1) is 24.1 Å². The van der Waals surface area contributed by atoms with Crippen LogP contribution in [0.4, 0.5) is 10.2 Å². The van der Waals surface area contributed by atoms with Crippen molar-refractivity contribution < 1.29 is 14.2 Å². The van der Waals surface area contributed by atoms with Crippen LogP contribution in [0.1, 0.15) is 39.5 Å². The first-order valence-electron chi connectivity index (χ1n) is 11.4. The van der Waals surface area contributed by atoms with Crippen LogP contribution in [0.5, 0.6) is 11.6 Å². The first-order chi connectivity index (χ1) is 16.2. The van der Waals surface area contributed by atoms with Gasteiger partial charge in [0.25, 0.3) is 0 Å². The molecule has 2 aliphatic heterocycles. The Kier molecular flexibility index (Phi) is 5.39. The molecule has 1 aromatic carbocycles. The third-order valence-electron chi connectivity index (χ3n) is 7.24. The van der Waals surface area contributed by atoms with Crippen molar-refractivity contribution >= 4 is 5.82 Å². The van der Waals surface area contributed by atoms with Crippen LogP contribution in [0.15, 0.2) is 36.7 Å². The summed E-state index contributed by atoms with van der Waals surface area (Å²) < 4.78 is 20.2. The molecule has 4 heterocycles. The molecular formula is C25H29FN6O2. The maximum absolute atomic E-state index is 15.1. The zero-order valence-corrected chi connectivity index (χ0v) is 19.8. The summed E-state index contributed by atoms with van der Waals surface area (Å²) in [6.45, 7) is 4.58. The van der Waals surface area contributed by atoms with E-state index in [1.165, 1.54) is 38.4 Å². The van der Waals surface area contributed by atoms with E-state index in [1.54, 1.807) is 12.1 Å². The molecule has 5 rings (SSSR count). The summed E-state index contributed by atoms with van der Waals surface area (Å²) in [6, 6.07) is 8.21. The van der Waals surface area contributed by atoms with Gasteiger partial charge in [-0.15, -0.1) is 10.2 Å². The zero-order valence-electron chi connectivity index (χ0n) is 19.8. The van der Waals surface area contributed by atoms with E-state index in [-0.39, 0.29) is 28.1 Å². The van der Waals surface area contributed by atoms with Crippen molar-refractivity contribution in [3.8, 4) is 34.1 Å². The second-order valence-electron chi connectivity index (χ2n) is 9.99. The Morgan fingerprint density at radius 1 is 1.06 bits per heavy atom. The number of hydrogen-bond acceptors (Lipinski definition) is 8. The summed E-state index contributed by atoms with van der Waals surface area (Å²) in [5.41, 5.74) is 1.41. The molecule has 3 atom stereocenters. The Balaban J connectivity index is 1.39.